The zero-order chi connectivity index (χ0) is 47.1. The van der Waals surface area contributed by atoms with Crippen LogP contribution >= 0.6 is 0 Å². The molecule has 0 saturated heterocycles. The standard InChI is InChI=1S/C44H28O/c1-3-15-29(16-4-1)31-19-7-8-21-33(31)43-34-22-9-11-24-36(34)44(37-25-12-10-23-35(37)43)40-28-42-39(32-20-13-14-26-41(32)45-42)27-38(40)30-17-5-2-6-18-30/h1-28H/i1D,2D,3D,4D,5D,6D,7D,8D,13D,14D,15D,16D,17D,18D,19D,20D,21D,26D,27D,28D. The van der Waals surface area contributed by atoms with Crippen LogP contribution in [0.1, 0.15) is 27.4 Å². The smallest absolute Gasteiger partial charge is 0.136 e. The maximum atomic E-state index is 9.93. The second-order valence-corrected chi connectivity index (χ2v) is 10.1. The van der Waals surface area contributed by atoms with E-state index in [0.29, 0.717) is 0 Å². The summed E-state index contributed by atoms with van der Waals surface area (Å²) in [6, 6.07) is -0.997. The predicted molar refractivity (Wildman–Crippen MR) is 190 cm³/mol. The first-order chi connectivity index (χ1) is 30.7. The van der Waals surface area contributed by atoms with Crippen molar-refractivity contribution < 1.29 is 31.8 Å². The normalized spacial score (nSPS) is 17.8. The highest BCUT2D eigenvalue weighted by Crippen LogP contribution is 2.49. The molecule has 0 spiro atoms. The monoisotopic (exact) mass is 592 g/mol. The summed E-state index contributed by atoms with van der Waals surface area (Å²) in [5, 5.41) is 0.345. The van der Waals surface area contributed by atoms with E-state index in [9.17, 15) is 5.48 Å². The molecule has 1 nitrogen and oxygen atoms in total. The maximum Gasteiger partial charge on any atom is 0.136 e. The van der Waals surface area contributed by atoms with Crippen molar-refractivity contribution in [2.75, 3.05) is 0 Å². The van der Waals surface area contributed by atoms with Crippen LogP contribution in [0.4, 0.5) is 0 Å². The number of hydrogen-bond acceptors (Lipinski definition) is 1. The number of benzene rings is 8. The summed E-state index contributed by atoms with van der Waals surface area (Å²) >= 11 is 0. The Morgan fingerprint density at radius 2 is 0.844 bits per heavy atom. The van der Waals surface area contributed by atoms with E-state index in [2.05, 4.69) is 0 Å². The van der Waals surface area contributed by atoms with E-state index in [4.69, 9.17) is 26.3 Å². The Kier molecular flexibility index (Phi) is 2.90. The molecular weight excluding hydrogens is 544 g/mol. The lowest BCUT2D eigenvalue weighted by Gasteiger charge is -2.21. The van der Waals surface area contributed by atoms with Crippen molar-refractivity contribution in [1.29, 1.82) is 0 Å². The van der Waals surface area contributed by atoms with E-state index < -0.39 is 138 Å². The largest absolute Gasteiger partial charge is 0.456 e. The molecule has 0 aliphatic rings. The van der Waals surface area contributed by atoms with Gasteiger partial charge in [-0.15, -0.1) is 0 Å². The first-order valence-electron chi connectivity index (χ1n) is 23.8. The van der Waals surface area contributed by atoms with Crippen molar-refractivity contribution in [2.45, 2.75) is 0 Å². The first kappa shape index (κ1) is 12.6. The van der Waals surface area contributed by atoms with Crippen LogP contribution in [-0.2, 0) is 0 Å². The zero-order valence-corrected chi connectivity index (χ0v) is 23.0. The Morgan fingerprint density at radius 1 is 0.356 bits per heavy atom. The third-order valence-corrected chi connectivity index (χ3v) is 7.69. The van der Waals surface area contributed by atoms with E-state index >= 15 is 0 Å². The van der Waals surface area contributed by atoms with Crippen LogP contribution in [0.15, 0.2) is 174 Å². The number of rotatable bonds is 4. The molecule has 9 aromatic rings. The quantitative estimate of drug-likeness (QED) is 0.185. The molecule has 0 atom stereocenters. The minimum Gasteiger partial charge on any atom is -0.456 e. The average Bonchev–Trinajstić information content (AvgIpc) is 3.72. The summed E-state index contributed by atoms with van der Waals surface area (Å²) in [6.07, 6.45) is 0. The minimum absolute atomic E-state index is 0.115. The predicted octanol–water partition coefficient (Wildman–Crippen LogP) is 12.6. The number of hydrogen-bond donors (Lipinski definition) is 0. The summed E-state index contributed by atoms with van der Waals surface area (Å²) in [4.78, 5) is 0. The number of fused-ring (bicyclic) bond motifs is 5. The molecule has 0 N–H and O–H groups in total. The highest BCUT2D eigenvalue weighted by molar-refractivity contribution is 6.24. The van der Waals surface area contributed by atoms with Crippen molar-refractivity contribution in [2.24, 2.45) is 0 Å². The van der Waals surface area contributed by atoms with Crippen LogP contribution in [0, 0.1) is 0 Å². The summed E-state index contributed by atoms with van der Waals surface area (Å²) in [5.74, 6) is 0. The lowest BCUT2D eigenvalue weighted by molar-refractivity contribution is 0.669. The fraction of sp³-hybridized carbons (Fsp3) is 0. The van der Waals surface area contributed by atoms with Crippen molar-refractivity contribution in [3.8, 4) is 44.5 Å². The second-order valence-electron chi connectivity index (χ2n) is 10.1. The van der Waals surface area contributed by atoms with Gasteiger partial charge in [-0.25, -0.2) is 0 Å². The molecule has 0 aliphatic heterocycles. The summed E-state index contributed by atoms with van der Waals surface area (Å²) < 4.78 is 183. The van der Waals surface area contributed by atoms with Crippen LogP contribution in [0.5, 0.6) is 0 Å². The van der Waals surface area contributed by atoms with Crippen molar-refractivity contribution in [3.05, 3.63) is 169 Å². The molecule has 0 bridgehead atoms. The topological polar surface area (TPSA) is 13.1 Å². The van der Waals surface area contributed by atoms with Crippen LogP contribution in [-0.4, -0.2) is 0 Å². The van der Waals surface area contributed by atoms with Gasteiger partial charge in [0.1, 0.15) is 11.2 Å². The molecular formula is C44H28O. The van der Waals surface area contributed by atoms with E-state index in [-0.39, 0.29) is 71.3 Å². The fourth-order valence-electron chi connectivity index (χ4n) is 5.87. The molecule has 45 heavy (non-hydrogen) atoms. The van der Waals surface area contributed by atoms with Crippen LogP contribution in [0.3, 0.4) is 0 Å². The highest BCUT2D eigenvalue weighted by atomic mass is 16.3. The van der Waals surface area contributed by atoms with Gasteiger partial charge in [0.2, 0.25) is 0 Å². The Balaban J connectivity index is 1.56. The van der Waals surface area contributed by atoms with Crippen molar-refractivity contribution in [3.63, 3.8) is 0 Å². The Bertz CT molecular complexity index is 3550. The van der Waals surface area contributed by atoms with Crippen LogP contribution < -0.4 is 0 Å². The molecule has 0 aliphatic carbocycles. The molecule has 8 aromatic carbocycles. The van der Waals surface area contributed by atoms with Gasteiger partial charge >= 0.3 is 0 Å². The third kappa shape index (κ3) is 4.09. The molecule has 9 rings (SSSR count). The van der Waals surface area contributed by atoms with E-state index in [0.717, 1.165) is 0 Å². The Hall–Kier alpha value is -5.92. The van der Waals surface area contributed by atoms with Crippen molar-refractivity contribution >= 4 is 43.5 Å². The molecule has 1 heterocycles. The summed E-state index contributed by atoms with van der Waals surface area (Å²) in [6.45, 7) is 0. The molecule has 0 fully saturated rings. The Morgan fingerprint density at radius 3 is 1.47 bits per heavy atom. The van der Waals surface area contributed by atoms with Gasteiger partial charge < -0.3 is 4.42 Å². The molecule has 0 saturated carbocycles. The lowest BCUT2D eigenvalue weighted by atomic mass is 9.82. The maximum absolute atomic E-state index is 9.93. The van der Waals surface area contributed by atoms with Gasteiger partial charge in [-0.1, -0.05) is 151 Å². The van der Waals surface area contributed by atoms with E-state index in [1.165, 1.54) is 0 Å². The van der Waals surface area contributed by atoms with E-state index in [1.807, 2.05) is 0 Å². The summed E-state index contributed by atoms with van der Waals surface area (Å²) in [7, 11) is 0. The average molecular weight is 593 g/mol. The molecule has 210 valence electrons. The van der Waals surface area contributed by atoms with Gasteiger partial charge in [-0.05, 0) is 84.2 Å². The summed E-state index contributed by atoms with van der Waals surface area (Å²) in [5.41, 5.74) is -2.74. The highest BCUT2D eigenvalue weighted by Gasteiger charge is 2.22. The van der Waals surface area contributed by atoms with Gasteiger partial charge in [0.15, 0.2) is 0 Å². The first-order valence-corrected chi connectivity index (χ1v) is 13.8. The third-order valence-electron chi connectivity index (χ3n) is 7.69. The number of para-hydroxylation sites is 1. The molecule has 0 radical (unpaired) electrons. The Labute approximate surface area is 289 Å². The van der Waals surface area contributed by atoms with Crippen molar-refractivity contribution in [1.82, 2.24) is 0 Å². The molecule has 1 heteroatoms. The van der Waals surface area contributed by atoms with Gasteiger partial charge in [0.05, 0.1) is 27.4 Å². The zero-order valence-electron chi connectivity index (χ0n) is 43.0. The molecule has 0 amide bonds. The fourth-order valence-corrected chi connectivity index (χ4v) is 5.87. The van der Waals surface area contributed by atoms with Gasteiger partial charge in [0.25, 0.3) is 0 Å². The SMILES string of the molecule is [2H]c1c([2H])c([2H])c(-c2c([2H])c([2H])c([2H])c([2H])c2-c2c3ccccc3c(-c3c(-c4c([2H])c([2H])c([2H])c([2H])c4[2H])c([2H])c4c(oc5c([2H])c([2H])c([2H])c([2H])c54)c3[2H])c3ccccc23)c([2H])c1[2H]. The number of furan rings is 1. The van der Waals surface area contributed by atoms with Gasteiger partial charge in [-0.2, -0.15) is 0 Å². The van der Waals surface area contributed by atoms with Gasteiger partial charge in [-0.3, -0.25) is 0 Å². The minimum atomic E-state index is -0.764. The molecule has 1 aromatic heterocycles. The van der Waals surface area contributed by atoms with E-state index in [1.54, 1.807) is 48.5 Å². The lowest BCUT2D eigenvalue weighted by Crippen LogP contribution is -1.94. The van der Waals surface area contributed by atoms with Crippen LogP contribution in [0.25, 0.3) is 88.0 Å². The van der Waals surface area contributed by atoms with Gasteiger partial charge in [0, 0.05) is 10.8 Å². The second kappa shape index (κ2) is 10.4. The molecule has 0 unspecified atom stereocenters. The van der Waals surface area contributed by atoms with Crippen LogP contribution in [0.2, 0.25) is 0 Å².